The summed E-state index contributed by atoms with van der Waals surface area (Å²) in [4.78, 5) is 24.4. The van der Waals surface area contributed by atoms with Crippen LogP contribution in [0.2, 0.25) is 0 Å². The number of hydrogen-bond acceptors (Lipinski definition) is 3. The average Bonchev–Trinajstić information content (AvgIpc) is 3.12. The number of carbonyl (C=O) groups excluding carboxylic acids is 1. The molecule has 2 unspecified atom stereocenters. The van der Waals surface area contributed by atoms with E-state index in [1.54, 1.807) is 0 Å². The van der Waals surface area contributed by atoms with Crippen LogP contribution in [0.25, 0.3) is 0 Å². The number of aliphatic carboxylic acids is 1. The molecule has 1 aromatic rings. The molecule has 1 heterocycles. The van der Waals surface area contributed by atoms with Crippen LogP contribution in [0, 0.1) is 5.92 Å². The number of amides is 1. The predicted octanol–water partition coefficient (Wildman–Crippen LogP) is 1.68. The third-order valence-corrected chi connectivity index (χ3v) is 4.91. The second-order valence-corrected chi connectivity index (χ2v) is 6.32. The lowest BCUT2D eigenvalue weighted by Gasteiger charge is -2.16. The van der Waals surface area contributed by atoms with Gasteiger partial charge in [0.25, 0.3) is 0 Å². The Bertz CT molecular complexity index is 502. The smallest absolute Gasteiger partial charge is 0.326 e. The van der Waals surface area contributed by atoms with Crippen LogP contribution < -0.4 is 5.32 Å². The standard InChI is InChI=1S/C14H15NO3S/c16-13(15-12(14(17)18)8-5-6-8)11-7-9-3-1-2-4-10(9)19-11/h1-4,8,11-12H,5-7H2,(H,15,16)(H,17,18). The maximum absolute atomic E-state index is 12.2. The van der Waals surface area contributed by atoms with E-state index in [9.17, 15) is 9.59 Å². The Labute approximate surface area is 115 Å². The molecule has 0 radical (unpaired) electrons. The van der Waals surface area contributed by atoms with Gasteiger partial charge in [-0.15, -0.1) is 11.8 Å². The van der Waals surface area contributed by atoms with Gasteiger partial charge in [0, 0.05) is 4.90 Å². The highest BCUT2D eigenvalue weighted by Gasteiger charge is 2.39. The fraction of sp³-hybridized carbons (Fsp3) is 0.429. The quantitative estimate of drug-likeness (QED) is 0.879. The molecule has 1 amide bonds. The summed E-state index contributed by atoms with van der Waals surface area (Å²) >= 11 is 1.53. The lowest BCUT2D eigenvalue weighted by Crippen LogP contribution is -2.45. The molecular weight excluding hydrogens is 262 g/mol. The van der Waals surface area contributed by atoms with Gasteiger partial charge in [0.15, 0.2) is 0 Å². The van der Waals surface area contributed by atoms with Gasteiger partial charge in [-0.3, -0.25) is 4.79 Å². The van der Waals surface area contributed by atoms with Gasteiger partial charge < -0.3 is 10.4 Å². The van der Waals surface area contributed by atoms with Crippen molar-refractivity contribution in [3.05, 3.63) is 29.8 Å². The summed E-state index contributed by atoms with van der Waals surface area (Å²) in [6.45, 7) is 0. The van der Waals surface area contributed by atoms with Crippen LogP contribution in [-0.2, 0) is 16.0 Å². The number of carboxylic acid groups (broad SMARTS) is 1. The van der Waals surface area contributed by atoms with E-state index in [0.717, 1.165) is 17.7 Å². The second-order valence-electron chi connectivity index (χ2n) is 5.08. The molecule has 0 spiro atoms. The minimum Gasteiger partial charge on any atom is -0.480 e. The third-order valence-electron chi connectivity index (χ3n) is 3.60. The van der Waals surface area contributed by atoms with Crippen LogP contribution in [0.3, 0.4) is 0 Å². The van der Waals surface area contributed by atoms with Crippen molar-refractivity contribution >= 4 is 23.6 Å². The summed E-state index contributed by atoms with van der Waals surface area (Å²) < 4.78 is 0. The number of thioether (sulfide) groups is 1. The van der Waals surface area contributed by atoms with Gasteiger partial charge in [0.1, 0.15) is 6.04 Å². The van der Waals surface area contributed by atoms with Crippen molar-refractivity contribution in [1.82, 2.24) is 5.32 Å². The van der Waals surface area contributed by atoms with Crippen molar-refractivity contribution in [3.8, 4) is 0 Å². The Kier molecular flexibility index (Phi) is 3.22. The summed E-state index contributed by atoms with van der Waals surface area (Å²) in [5.74, 6) is -0.952. The molecule has 2 atom stereocenters. The van der Waals surface area contributed by atoms with Gasteiger partial charge >= 0.3 is 5.97 Å². The number of benzene rings is 1. The van der Waals surface area contributed by atoms with Gasteiger partial charge in [-0.2, -0.15) is 0 Å². The van der Waals surface area contributed by atoms with Crippen LogP contribution in [-0.4, -0.2) is 28.3 Å². The summed E-state index contributed by atoms with van der Waals surface area (Å²) in [7, 11) is 0. The molecule has 19 heavy (non-hydrogen) atoms. The largest absolute Gasteiger partial charge is 0.480 e. The highest BCUT2D eigenvalue weighted by atomic mass is 32.2. The highest BCUT2D eigenvalue weighted by Crippen LogP contribution is 2.37. The van der Waals surface area contributed by atoms with Crippen LogP contribution in [0.1, 0.15) is 18.4 Å². The molecule has 1 saturated carbocycles. The topological polar surface area (TPSA) is 66.4 Å². The molecular formula is C14H15NO3S. The maximum atomic E-state index is 12.2. The van der Waals surface area contributed by atoms with Crippen LogP contribution >= 0.6 is 11.8 Å². The van der Waals surface area contributed by atoms with Crippen molar-refractivity contribution in [2.45, 2.75) is 35.4 Å². The van der Waals surface area contributed by atoms with E-state index in [1.807, 2.05) is 24.3 Å². The van der Waals surface area contributed by atoms with E-state index in [-0.39, 0.29) is 17.1 Å². The first-order valence-electron chi connectivity index (χ1n) is 6.43. The van der Waals surface area contributed by atoms with Crippen molar-refractivity contribution in [2.24, 2.45) is 5.92 Å². The monoisotopic (exact) mass is 277 g/mol. The Hall–Kier alpha value is -1.49. The van der Waals surface area contributed by atoms with Crippen molar-refractivity contribution in [1.29, 1.82) is 0 Å². The highest BCUT2D eigenvalue weighted by molar-refractivity contribution is 8.01. The summed E-state index contributed by atoms with van der Waals surface area (Å²) in [6, 6.07) is 7.23. The minimum absolute atomic E-state index is 0.121. The number of nitrogens with one attached hydrogen (secondary N) is 1. The second kappa shape index (κ2) is 4.89. The van der Waals surface area contributed by atoms with E-state index in [4.69, 9.17) is 5.11 Å². The number of rotatable bonds is 4. The van der Waals surface area contributed by atoms with Gasteiger partial charge in [-0.05, 0) is 36.8 Å². The first-order chi connectivity index (χ1) is 9.15. The zero-order valence-electron chi connectivity index (χ0n) is 10.3. The normalized spacial score (nSPS) is 22.6. The maximum Gasteiger partial charge on any atom is 0.326 e. The minimum atomic E-state index is -0.920. The van der Waals surface area contributed by atoms with Crippen molar-refractivity contribution in [3.63, 3.8) is 0 Å². The van der Waals surface area contributed by atoms with Crippen LogP contribution in [0.4, 0.5) is 0 Å². The molecule has 5 heteroatoms. The first kappa shape index (κ1) is 12.5. The Balaban J connectivity index is 1.64. The molecule has 2 aliphatic rings. The Morgan fingerprint density at radius 3 is 2.68 bits per heavy atom. The summed E-state index contributed by atoms with van der Waals surface area (Å²) in [6.07, 6.45) is 2.48. The van der Waals surface area contributed by atoms with Gasteiger partial charge in [0.05, 0.1) is 5.25 Å². The molecule has 1 aliphatic carbocycles. The predicted molar refractivity (Wildman–Crippen MR) is 72.1 cm³/mol. The Morgan fingerprint density at radius 1 is 1.32 bits per heavy atom. The summed E-state index contributed by atoms with van der Waals surface area (Å²) in [5.41, 5.74) is 1.17. The molecule has 0 bridgehead atoms. The molecule has 3 rings (SSSR count). The Morgan fingerprint density at radius 2 is 2.05 bits per heavy atom. The summed E-state index contributed by atoms with van der Waals surface area (Å²) in [5, 5.41) is 11.6. The van der Waals surface area contributed by atoms with Gasteiger partial charge in [-0.1, -0.05) is 18.2 Å². The van der Waals surface area contributed by atoms with Crippen LogP contribution in [0.15, 0.2) is 29.2 Å². The van der Waals surface area contributed by atoms with E-state index in [1.165, 1.54) is 17.3 Å². The number of hydrogen-bond donors (Lipinski definition) is 2. The number of fused-ring (bicyclic) bond motifs is 1. The lowest BCUT2D eigenvalue weighted by molar-refractivity contribution is -0.142. The molecule has 1 aromatic carbocycles. The molecule has 100 valence electrons. The van der Waals surface area contributed by atoms with Crippen molar-refractivity contribution < 1.29 is 14.7 Å². The fourth-order valence-corrected chi connectivity index (χ4v) is 3.59. The van der Waals surface area contributed by atoms with Crippen molar-refractivity contribution in [2.75, 3.05) is 0 Å². The fourth-order valence-electron chi connectivity index (χ4n) is 2.39. The number of carboxylic acids is 1. The SMILES string of the molecule is O=C(NC(C(=O)O)C1CC1)C1Cc2ccccc2S1. The molecule has 1 aliphatic heterocycles. The molecule has 0 saturated heterocycles. The zero-order chi connectivity index (χ0) is 13.4. The van der Waals surface area contributed by atoms with Gasteiger partial charge in [0.2, 0.25) is 5.91 Å². The van der Waals surface area contributed by atoms with E-state index in [2.05, 4.69) is 5.32 Å². The molecule has 1 fully saturated rings. The first-order valence-corrected chi connectivity index (χ1v) is 7.31. The zero-order valence-corrected chi connectivity index (χ0v) is 11.2. The molecule has 2 N–H and O–H groups in total. The van der Waals surface area contributed by atoms with Crippen LogP contribution in [0.5, 0.6) is 0 Å². The van der Waals surface area contributed by atoms with Gasteiger partial charge in [-0.25, -0.2) is 4.79 Å². The average molecular weight is 277 g/mol. The van der Waals surface area contributed by atoms with E-state index in [0.29, 0.717) is 6.42 Å². The lowest BCUT2D eigenvalue weighted by atomic mass is 10.1. The third kappa shape index (κ3) is 2.61. The molecule has 0 aromatic heterocycles. The van der Waals surface area contributed by atoms with E-state index >= 15 is 0 Å². The number of carbonyl (C=O) groups is 2. The van der Waals surface area contributed by atoms with E-state index < -0.39 is 12.0 Å². The molecule has 4 nitrogen and oxygen atoms in total.